The van der Waals surface area contributed by atoms with E-state index in [-0.39, 0.29) is 0 Å². The Hall–Kier alpha value is -0.600. The van der Waals surface area contributed by atoms with Gasteiger partial charge in [-0.15, -0.1) is 13.2 Å². The van der Waals surface area contributed by atoms with Crippen LogP contribution < -0.4 is 11.1 Å². The van der Waals surface area contributed by atoms with Crippen LogP contribution in [0.2, 0.25) is 0 Å². The third-order valence-corrected chi connectivity index (χ3v) is 1.45. The summed E-state index contributed by atoms with van der Waals surface area (Å²) in [6, 6.07) is 0. The van der Waals surface area contributed by atoms with Crippen molar-refractivity contribution in [2.75, 3.05) is 20.1 Å². The second-order valence-electron chi connectivity index (χ2n) is 2.75. The quantitative estimate of drug-likeness (QED) is 0.469. The van der Waals surface area contributed by atoms with Crippen molar-refractivity contribution in [3.8, 4) is 0 Å². The average Bonchev–Trinajstić information content (AvgIpc) is 2.17. The molecule has 0 bridgehead atoms. The fraction of sp³-hybridized carbons (Fsp3) is 0.636. The van der Waals surface area contributed by atoms with Gasteiger partial charge >= 0.3 is 0 Å². The van der Waals surface area contributed by atoms with E-state index in [1.165, 1.54) is 6.42 Å². The molecule has 0 aromatic heterocycles. The summed E-state index contributed by atoms with van der Waals surface area (Å²) < 4.78 is 0. The lowest BCUT2D eigenvalue weighted by Gasteiger charge is -1.90. The largest absolute Gasteiger partial charge is 0.330 e. The van der Waals surface area contributed by atoms with Crippen LogP contribution in [0.25, 0.3) is 0 Å². The maximum atomic E-state index is 5.17. The van der Waals surface area contributed by atoms with E-state index >= 15 is 0 Å². The minimum Gasteiger partial charge on any atom is -0.330 e. The second kappa shape index (κ2) is 17.5. The third kappa shape index (κ3) is 24.6. The highest BCUT2D eigenvalue weighted by molar-refractivity contribution is 4.65. The Kier molecular flexibility index (Phi) is 20.0. The van der Waals surface area contributed by atoms with Gasteiger partial charge in [0.2, 0.25) is 0 Å². The van der Waals surface area contributed by atoms with Crippen LogP contribution in [0.15, 0.2) is 25.3 Å². The lowest BCUT2D eigenvalue weighted by atomic mass is 10.3. The van der Waals surface area contributed by atoms with Crippen LogP contribution in [-0.2, 0) is 0 Å². The standard InChI is InChI=1S/C6H13N.C5H11N/c1-3-4-5-6-7-2;1-2-3-4-5-6/h3,7H,1,4-6H2,2H3;2H,1,3-6H2. The summed E-state index contributed by atoms with van der Waals surface area (Å²) in [6.07, 6.45) is 8.28. The zero-order chi connectivity index (χ0) is 10.4. The first-order valence-electron chi connectivity index (χ1n) is 4.89. The highest BCUT2D eigenvalue weighted by Gasteiger charge is 1.75. The Morgan fingerprint density at radius 3 is 2.00 bits per heavy atom. The Labute approximate surface area is 82.9 Å². The summed E-state index contributed by atoms with van der Waals surface area (Å²) >= 11 is 0. The Balaban J connectivity index is 0. The molecule has 2 nitrogen and oxygen atoms in total. The van der Waals surface area contributed by atoms with Crippen LogP contribution in [-0.4, -0.2) is 20.1 Å². The van der Waals surface area contributed by atoms with Gasteiger partial charge in [-0.1, -0.05) is 12.2 Å². The molecule has 0 aliphatic rings. The summed E-state index contributed by atoms with van der Waals surface area (Å²) in [4.78, 5) is 0. The van der Waals surface area contributed by atoms with E-state index in [4.69, 9.17) is 5.73 Å². The molecule has 13 heavy (non-hydrogen) atoms. The number of allylic oxidation sites excluding steroid dienone is 2. The fourth-order valence-electron chi connectivity index (χ4n) is 0.685. The molecule has 0 rings (SSSR count). The van der Waals surface area contributed by atoms with E-state index in [1.807, 2.05) is 19.2 Å². The van der Waals surface area contributed by atoms with Gasteiger partial charge in [0.15, 0.2) is 0 Å². The summed E-state index contributed by atoms with van der Waals surface area (Å²) in [5, 5.41) is 3.05. The van der Waals surface area contributed by atoms with Gasteiger partial charge in [-0.25, -0.2) is 0 Å². The van der Waals surface area contributed by atoms with Gasteiger partial charge in [-0.05, 0) is 45.8 Å². The van der Waals surface area contributed by atoms with E-state index in [0.29, 0.717) is 0 Å². The van der Waals surface area contributed by atoms with Crippen molar-refractivity contribution in [2.45, 2.75) is 25.7 Å². The minimum atomic E-state index is 0.784. The molecule has 0 saturated heterocycles. The molecule has 3 N–H and O–H groups in total. The van der Waals surface area contributed by atoms with Crippen molar-refractivity contribution in [3.63, 3.8) is 0 Å². The maximum absolute atomic E-state index is 5.17. The first kappa shape index (κ1) is 14.9. The number of nitrogens with two attached hydrogens (primary N) is 1. The topological polar surface area (TPSA) is 38.0 Å². The van der Waals surface area contributed by atoms with Crippen molar-refractivity contribution in [2.24, 2.45) is 5.73 Å². The number of rotatable bonds is 7. The molecule has 0 aliphatic carbocycles. The summed E-state index contributed by atoms with van der Waals surface area (Å²) in [7, 11) is 1.96. The van der Waals surface area contributed by atoms with Crippen LogP contribution in [0.1, 0.15) is 25.7 Å². The van der Waals surface area contributed by atoms with E-state index in [2.05, 4.69) is 18.5 Å². The van der Waals surface area contributed by atoms with Crippen LogP contribution in [0.5, 0.6) is 0 Å². The highest BCUT2D eigenvalue weighted by atomic mass is 14.8. The molecule has 0 radical (unpaired) electrons. The molecule has 0 aromatic rings. The normalized spacial score (nSPS) is 8.46. The zero-order valence-electron chi connectivity index (χ0n) is 8.89. The van der Waals surface area contributed by atoms with Crippen molar-refractivity contribution >= 4 is 0 Å². The Bertz CT molecular complexity index is 100. The highest BCUT2D eigenvalue weighted by Crippen LogP contribution is 1.84. The molecule has 0 unspecified atom stereocenters. The van der Waals surface area contributed by atoms with Crippen LogP contribution in [0.3, 0.4) is 0 Å². The summed E-state index contributed by atoms with van der Waals surface area (Å²) in [5.74, 6) is 0. The van der Waals surface area contributed by atoms with E-state index in [9.17, 15) is 0 Å². The molecule has 78 valence electrons. The monoisotopic (exact) mass is 184 g/mol. The molecule has 0 amide bonds. The Morgan fingerprint density at radius 2 is 1.69 bits per heavy atom. The zero-order valence-corrected chi connectivity index (χ0v) is 8.89. The lowest BCUT2D eigenvalue weighted by molar-refractivity contribution is 0.736. The van der Waals surface area contributed by atoms with Crippen LogP contribution >= 0.6 is 0 Å². The SMILES string of the molecule is C=CCCCN.C=CCCCNC. The fourth-order valence-corrected chi connectivity index (χ4v) is 0.685. The molecule has 0 saturated carbocycles. The molecule has 0 aromatic carbocycles. The molecule has 0 spiro atoms. The van der Waals surface area contributed by atoms with Crippen molar-refractivity contribution in [1.29, 1.82) is 0 Å². The van der Waals surface area contributed by atoms with Gasteiger partial charge < -0.3 is 11.1 Å². The van der Waals surface area contributed by atoms with E-state index < -0.39 is 0 Å². The van der Waals surface area contributed by atoms with Gasteiger partial charge in [0.05, 0.1) is 0 Å². The summed E-state index contributed by atoms with van der Waals surface area (Å²) in [6.45, 7) is 9.03. The van der Waals surface area contributed by atoms with E-state index in [1.54, 1.807) is 0 Å². The van der Waals surface area contributed by atoms with Gasteiger partial charge in [0.25, 0.3) is 0 Å². The van der Waals surface area contributed by atoms with E-state index in [0.717, 1.165) is 32.4 Å². The molecule has 0 aliphatic heterocycles. The molecular formula is C11H24N2. The molecule has 2 heteroatoms. The predicted octanol–water partition coefficient (Wildman–Crippen LogP) is 2.08. The molecule has 0 heterocycles. The number of hydrogen-bond acceptors (Lipinski definition) is 2. The van der Waals surface area contributed by atoms with Crippen LogP contribution in [0.4, 0.5) is 0 Å². The van der Waals surface area contributed by atoms with Gasteiger partial charge in [0.1, 0.15) is 0 Å². The Morgan fingerprint density at radius 1 is 1.15 bits per heavy atom. The minimum absolute atomic E-state index is 0.784. The maximum Gasteiger partial charge on any atom is -0.00490 e. The van der Waals surface area contributed by atoms with Crippen molar-refractivity contribution < 1.29 is 0 Å². The van der Waals surface area contributed by atoms with Gasteiger partial charge in [-0.2, -0.15) is 0 Å². The second-order valence-corrected chi connectivity index (χ2v) is 2.75. The number of hydrogen-bond donors (Lipinski definition) is 2. The molecule has 0 fully saturated rings. The smallest absolute Gasteiger partial charge is 0.00490 e. The first-order valence-corrected chi connectivity index (χ1v) is 4.89. The molecule has 0 atom stereocenters. The predicted molar refractivity (Wildman–Crippen MR) is 61.8 cm³/mol. The summed E-state index contributed by atoms with van der Waals surface area (Å²) in [5.41, 5.74) is 5.17. The van der Waals surface area contributed by atoms with Gasteiger partial charge in [-0.3, -0.25) is 0 Å². The third-order valence-electron chi connectivity index (χ3n) is 1.45. The number of unbranched alkanes of at least 4 members (excludes halogenated alkanes) is 2. The van der Waals surface area contributed by atoms with Crippen molar-refractivity contribution in [1.82, 2.24) is 5.32 Å². The lowest BCUT2D eigenvalue weighted by Crippen LogP contribution is -2.06. The van der Waals surface area contributed by atoms with Crippen molar-refractivity contribution in [3.05, 3.63) is 25.3 Å². The number of nitrogens with one attached hydrogen (secondary N) is 1. The van der Waals surface area contributed by atoms with Gasteiger partial charge in [0, 0.05) is 0 Å². The first-order chi connectivity index (χ1) is 6.33. The average molecular weight is 184 g/mol. The van der Waals surface area contributed by atoms with Crippen LogP contribution in [0, 0.1) is 0 Å². The molecular weight excluding hydrogens is 160 g/mol.